The van der Waals surface area contributed by atoms with Gasteiger partial charge in [0.05, 0.1) is 0 Å². The summed E-state index contributed by atoms with van der Waals surface area (Å²) in [6.45, 7) is 5.55. The van der Waals surface area contributed by atoms with Crippen LogP contribution >= 0.6 is 0 Å². The largest absolute Gasteiger partial charge is 0.434 e. The molecule has 0 heterocycles. The standard InChI is InChI=1S/C13H19F2NO/c1-9-6-5-7-10(8-16-13(2,3)4)11(9)17-12(14)15/h5-7,12,16H,8H2,1-4H3. The minimum absolute atomic E-state index is 0.0636. The van der Waals surface area contributed by atoms with Crippen LogP contribution in [0.15, 0.2) is 18.2 Å². The van der Waals surface area contributed by atoms with Gasteiger partial charge >= 0.3 is 6.61 Å². The highest BCUT2D eigenvalue weighted by Crippen LogP contribution is 2.25. The van der Waals surface area contributed by atoms with Crippen molar-refractivity contribution in [3.63, 3.8) is 0 Å². The average molecular weight is 243 g/mol. The van der Waals surface area contributed by atoms with Crippen LogP contribution in [0.1, 0.15) is 31.9 Å². The molecule has 0 saturated carbocycles. The van der Waals surface area contributed by atoms with E-state index in [1.54, 1.807) is 19.1 Å². The molecular formula is C13H19F2NO. The third kappa shape index (κ3) is 4.69. The average Bonchev–Trinajstić information content (AvgIpc) is 2.17. The SMILES string of the molecule is Cc1cccc(CNC(C)(C)C)c1OC(F)F. The van der Waals surface area contributed by atoms with Crippen LogP contribution in [0, 0.1) is 6.92 Å². The van der Waals surface area contributed by atoms with Crippen molar-refractivity contribution in [2.45, 2.75) is 46.4 Å². The molecule has 0 saturated heterocycles. The van der Waals surface area contributed by atoms with Gasteiger partial charge in [-0.3, -0.25) is 0 Å². The van der Waals surface area contributed by atoms with Crippen LogP contribution in [-0.4, -0.2) is 12.2 Å². The number of hydrogen-bond donors (Lipinski definition) is 1. The third-order valence-electron chi connectivity index (χ3n) is 2.31. The van der Waals surface area contributed by atoms with Crippen molar-refractivity contribution in [1.82, 2.24) is 5.32 Å². The smallest absolute Gasteiger partial charge is 0.387 e. The Kier molecular flexibility index (Phi) is 4.46. The van der Waals surface area contributed by atoms with Gasteiger partial charge in [-0.1, -0.05) is 18.2 Å². The zero-order valence-corrected chi connectivity index (χ0v) is 10.7. The van der Waals surface area contributed by atoms with Gasteiger partial charge in [-0.15, -0.1) is 0 Å². The van der Waals surface area contributed by atoms with E-state index in [0.29, 0.717) is 6.54 Å². The molecule has 0 fully saturated rings. The van der Waals surface area contributed by atoms with Crippen LogP contribution in [0.3, 0.4) is 0 Å². The van der Waals surface area contributed by atoms with Gasteiger partial charge in [-0.05, 0) is 33.3 Å². The Morgan fingerprint density at radius 1 is 1.29 bits per heavy atom. The van der Waals surface area contributed by atoms with Crippen molar-refractivity contribution in [1.29, 1.82) is 0 Å². The molecule has 17 heavy (non-hydrogen) atoms. The molecule has 0 spiro atoms. The lowest BCUT2D eigenvalue weighted by Crippen LogP contribution is -2.35. The summed E-state index contributed by atoms with van der Waals surface area (Å²) in [6, 6.07) is 5.40. The number of benzene rings is 1. The summed E-state index contributed by atoms with van der Waals surface area (Å²) < 4.78 is 29.2. The molecule has 96 valence electrons. The monoisotopic (exact) mass is 243 g/mol. The van der Waals surface area contributed by atoms with Gasteiger partial charge in [0, 0.05) is 17.6 Å². The third-order valence-corrected chi connectivity index (χ3v) is 2.31. The molecule has 2 nitrogen and oxygen atoms in total. The molecule has 1 N–H and O–H groups in total. The quantitative estimate of drug-likeness (QED) is 0.874. The summed E-state index contributed by atoms with van der Waals surface area (Å²) in [4.78, 5) is 0. The van der Waals surface area contributed by atoms with Crippen molar-refractivity contribution in [3.8, 4) is 5.75 Å². The Morgan fingerprint density at radius 2 is 1.94 bits per heavy atom. The van der Waals surface area contributed by atoms with Crippen LogP contribution in [0.25, 0.3) is 0 Å². The number of ether oxygens (including phenoxy) is 1. The number of hydrogen-bond acceptors (Lipinski definition) is 2. The summed E-state index contributed by atoms with van der Waals surface area (Å²) >= 11 is 0. The molecule has 0 aliphatic carbocycles. The Morgan fingerprint density at radius 3 is 2.47 bits per heavy atom. The van der Waals surface area contributed by atoms with Gasteiger partial charge in [-0.25, -0.2) is 0 Å². The molecule has 0 aliphatic heterocycles. The second-order valence-corrected chi connectivity index (χ2v) is 5.05. The molecular weight excluding hydrogens is 224 g/mol. The zero-order valence-electron chi connectivity index (χ0n) is 10.7. The maximum atomic E-state index is 12.3. The summed E-state index contributed by atoms with van der Waals surface area (Å²) in [6.07, 6.45) is 0. The van der Waals surface area contributed by atoms with Gasteiger partial charge < -0.3 is 10.1 Å². The first-order valence-electron chi connectivity index (χ1n) is 5.58. The minimum atomic E-state index is -2.79. The van der Waals surface area contributed by atoms with E-state index in [9.17, 15) is 8.78 Å². The van der Waals surface area contributed by atoms with E-state index in [0.717, 1.165) is 11.1 Å². The van der Waals surface area contributed by atoms with E-state index < -0.39 is 6.61 Å². The van der Waals surface area contributed by atoms with Gasteiger partial charge in [-0.2, -0.15) is 8.78 Å². The predicted octanol–water partition coefficient (Wildman–Crippen LogP) is 3.48. The number of aryl methyl sites for hydroxylation is 1. The minimum Gasteiger partial charge on any atom is -0.434 e. The van der Waals surface area contributed by atoms with Crippen LogP contribution < -0.4 is 10.1 Å². The molecule has 4 heteroatoms. The lowest BCUT2D eigenvalue weighted by molar-refractivity contribution is -0.0509. The topological polar surface area (TPSA) is 21.3 Å². The van der Waals surface area contributed by atoms with E-state index >= 15 is 0 Å². The first kappa shape index (κ1) is 13.9. The van der Waals surface area contributed by atoms with Crippen molar-refractivity contribution in [3.05, 3.63) is 29.3 Å². The van der Waals surface area contributed by atoms with Gasteiger partial charge in [0.2, 0.25) is 0 Å². The second-order valence-electron chi connectivity index (χ2n) is 5.05. The van der Waals surface area contributed by atoms with Crippen molar-refractivity contribution < 1.29 is 13.5 Å². The zero-order chi connectivity index (χ0) is 13.1. The number of halogens is 2. The van der Waals surface area contributed by atoms with Crippen LogP contribution in [0.4, 0.5) is 8.78 Å². The maximum absolute atomic E-state index is 12.3. The number of alkyl halides is 2. The van der Waals surface area contributed by atoms with Crippen molar-refractivity contribution in [2.75, 3.05) is 0 Å². The highest BCUT2D eigenvalue weighted by molar-refractivity contribution is 5.40. The van der Waals surface area contributed by atoms with Crippen molar-refractivity contribution in [2.24, 2.45) is 0 Å². The van der Waals surface area contributed by atoms with Gasteiger partial charge in [0.1, 0.15) is 5.75 Å². The lowest BCUT2D eigenvalue weighted by Gasteiger charge is -2.22. The number of nitrogens with one attached hydrogen (secondary N) is 1. The van der Waals surface area contributed by atoms with Crippen LogP contribution in [0.5, 0.6) is 5.75 Å². The number of para-hydroxylation sites is 1. The Labute approximate surface area is 101 Å². The molecule has 0 aromatic heterocycles. The molecule has 0 atom stereocenters. The molecule has 1 rings (SSSR count). The van der Waals surface area contributed by atoms with Crippen LogP contribution in [0.2, 0.25) is 0 Å². The molecule has 1 aromatic rings. The van der Waals surface area contributed by atoms with Crippen LogP contribution in [-0.2, 0) is 6.54 Å². The fourth-order valence-electron chi connectivity index (χ4n) is 1.47. The van der Waals surface area contributed by atoms with E-state index in [-0.39, 0.29) is 11.3 Å². The highest BCUT2D eigenvalue weighted by atomic mass is 19.3. The summed E-state index contributed by atoms with van der Waals surface area (Å²) in [5, 5.41) is 3.25. The van der Waals surface area contributed by atoms with Gasteiger partial charge in [0.25, 0.3) is 0 Å². The normalized spacial score (nSPS) is 11.9. The molecule has 0 unspecified atom stereocenters. The summed E-state index contributed by atoms with van der Waals surface area (Å²) in [7, 11) is 0. The molecule has 0 amide bonds. The highest BCUT2D eigenvalue weighted by Gasteiger charge is 2.14. The van der Waals surface area contributed by atoms with E-state index in [4.69, 9.17) is 0 Å². The molecule has 0 bridgehead atoms. The molecule has 0 radical (unpaired) electrons. The second kappa shape index (κ2) is 5.45. The fourth-order valence-corrected chi connectivity index (χ4v) is 1.47. The fraction of sp³-hybridized carbons (Fsp3) is 0.538. The maximum Gasteiger partial charge on any atom is 0.387 e. The van der Waals surface area contributed by atoms with E-state index in [1.807, 2.05) is 26.8 Å². The first-order valence-corrected chi connectivity index (χ1v) is 5.58. The molecule has 0 aliphatic rings. The Bertz CT molecular complexity index is 372. The summed E-state index contributed by atoms with van der Waals surface area (Å²) in [5.41, 5.74) is 1.41. The van der Waals surface area contributed by atoms with Crippen molar-refractivity contribution >= 4 is 0 Å². The lowest BCUT2D eigenvalue weighted by atomic mass is 10.1. The predicted molar refractivity (Wildman–Crippen MR) is 64.4 cm³/mol. The Hall–Kier alpha value is -1.16. The molecule has 1 aromatic carbocycles. The first-order chi connectivity index (χ1) is 7.79. The summed E-state index contributed by atoms with van der Waals surface area (Å²) in [5.74, 6) is 0.277. The van der Waals surface area contributed by atoms with Gasteiger partial charge in [0.15, 0.2) is 0 Å². The number of rotatable bonds is 4. The van der Waals surface area contributed by atoms with E-state index in [1.165, 1.54) is 0 Å². The van der Waals surface area contributed by atoms with E-state index in [2.05, 4.69) is 10.1 Å². The Balaban J connectivity index is 2.87.